The van der Waals surface area contributed by atoms with Gasteiger partial charge in [0.2, 0.25) is 5.91 Å². The predicted octanol–water partition coefficient (Wildman–Crippen LogP) is 3.59. The number of rotatable bonds is 9. The van der Waals surface area contributed by atoms with Gasteiger partial charge in [-0.1, -0.05) is 18.2 Å². The van der Waals surface area contributed by atoms with Crippen LogP contribution >= 0.6 is 0 Å². The van der Waals surface area contributed by atoms with Crippen LogP contribution in [0.2, 0.25) is 0 Å². The second-order valence-electron chi connectivity index (χ2n) is 6.84. The molecule has 0 heterocycles. The van der Waals surface area contributed by atoms with Gasteiger partial charge in [-0.15, -0.1) is 0 Å². The van der Waals surface area contributed by atoms with E-state index in [9.17, 15) is 27.7 Å². The minimum atomic E-state index is -4.45. The zero-order valence-corrected chi connectivity index (χ0v) is 18.9. The Morgan fingerprint density at radius 2 is 1.74 bits per heavy atom. The summed E-state index contributed by atoms with van der Waals surface area (Å²) in [6.07, 6.45) is 0. The summed E-state index contributed by atoms with van der Waals surface area (Å²) in [5.74, 6) is -1.30. The normalized spacial score (nSPS) is 10.9. The summed E-state index contributed by atoms with van der Waals surface area (Å²) in [7, 11) is -1.74. The summed E-state index contributed by atoms with van der Waals surface area (Å²) in [6, 6.07) is 14.0. The van der Waals surface area contributed by atoms with Gasteiger partial charge in [0.1, 0.15) is 12.4 Å². The summed E-state index contributed by atoms with van der Waals surface area (Å²) in [5.41, 5.74) is -0.538. The molecule has 178 valence electrons. The third kappa shape index (κ3) is 5.23. The number of sulfonamides is 1. The van der Waals surface area contributed by atoms with Crippen LogP contribution in [0, 0.1) is 15.9 Å². The third-order valence-electron chi connectivity index (χ3n) is 4.69. The minimum Gasteiger partial charge on any atom is -0.493 e. The van der Waals surface area contributed by atoms with Gasteiger partial charge in [-0.25, -0.2) is 12.8 Å². The molecule has 0 aromatic heterocycles. The fraction of sp³-hybridized carbons (Fsp3) is 0.136. The van der Waals surface area contributed by atoms with Gasteiger partial charge < -0.3 is 14.8 Å². The first kappa shape index (κ1) is 24.5. The summed E-state index contributed by atoms with van der Waals surface area (Å²) in [5, 5.41) is 13.4. The molecule has 3 aromatic rings. The molecule has 0 aliphatic carbocycles. The van der Waals surface area contributed by atoms with E-state index < -0.39 is 33.2 Å². The lowest BCUT2D eigenvalue weighted by molar-refractivity contribution is -0.384. The van der Waals surface area contributed by atoms with Crippen molar-refractivity contribution >= 4 is 33.0 Å². The molecule has 0 fully saturated rings. The maximum absolute atomic E-state index is 14.6. The number of hydrogen-bond donors (Lipinski definition) is 1. The molecule has 1 N–H and O–H groups in total. The Balaban J connectivity index is 1.99. The minimum absolute atomic E-state index is 0.0798. The van der Waals surface area contributed by atoms with E-state index in [-0.39, 0.29) is 33.5 Å². The Kier molecular flexibility index (Phi) is 7.31. The number of para-hydroxylation sites is 1. The number of halogens is 1. The average Bonchev–Trinajstić information content (AvgIpc) is 2.82. The number of nitro groups is 1. The Morgan fingerprint density at radius 3 is 2.38 bits per heavy atom. The number of nitrogens with zero attached hydrogens (tertiary/aromatic N) is 2. The number of ether oxygens (including phenoxy) is 2. The van der Waals surface area contributed by atoms with Gasteiger partial charge in [0.25, 0.3) is 15.7 Å². The van der Waals surface area contributed by atoms with Crippen molar-refractivity contribution in [2.45, 2.75) is 4.90 Å². The summed E-state index contributed by atoms with van der Waals surface area (Å²) < 4.78 is 52.4. The van der Waals surface area contributed by atoms with Gasteiger partial charge in [-0.2, -0.15) is 0 Å². The van der Waals surface area contributed by atoms with Gasteiger partial charge >= 0.3 is 0 Å². The molecule has 0 aliphatic heterocycles. The SMILES string of the molecule is COc1ccc(S(=O)(=O)N(CC(=O)Nc2cccc([N+](=O)[O-])c2)c2ccccc2F)cc1OC. The average molecular weight is 489 g/mol. The molecule has 3 rings (SSSR count). The number of carbonyl (C=O) groups is 1. The van der Waals surface area contributed by atoms with Crippen LogP contribution in [-0.2, 0) is 14.8 Å². The maximum Gasteiger partial charge on any atom is 0.271 e. The highest BCUT2D eigenvalue weighted by Crippen LogP contribution is 2.33. The second-order valence-corrected chi connectivity index (χ2v) is 8.70. The third-order valence-corrected chi connectivity index (χ3v) is 6.45. The highest BCUT2D eigenvalue weighted by atomic mass is 32.2. The lowest BCUT2D eigenvalue weighted by Crippen LogP contribution is -2.38. The molecule has 0 bridgehead atoms. The van der Waals surface area contributed by atoms with Crippen LogP contribution in [0.1, 0.15) is 0 Å². The first-order valence-corrected chi connectivity index (χ1v) is 11.1. The molecule has 0 spiro atoms. The molecule has 10 nitrogen and oxygen atoms in total. The first-order valence-electron chi connectivity index (χ1n) is 9.71. The zero-order valence-electron chi connectivity index (χ0n) is 18.1. The topological polar surface area (TPSA) is 128 Å². The molecule has 0 atom stereocenters. The number of carbonyl (C=O) groups excluding carboxylic acids is 1. The van der Waals surface area contributed by atoms with Gasteiger partial charge in [0.15, 0.2) is 11.5 Å². The number of amides is 1. The number of nitro benzene ring substituents is 1. The van der Waals surface area contributed by atoms with E-state index >= 15 is 0 Å². The number of nitrogens with one attached hydrogen (secondary N) is 1. The maximum atomic E-state index is 14.6. The number of anilines is 2. The molecule has 0 aliphatic rings. The Morgan fingerprint density at radius 1 is 1.03 bits per heavy atom. The molecule has 0 unspecified atom stereocenters. The Bertz CT molecular complexity index is 1330. The number of hydrogen-bond acceptors (Lipinski definition) is 7. The number of methoxy groups -OCH3 is 2. The number of non-ortho nitro benzene ring substituents is 1. The van der Waals surface area contributed by atoms with Gasteiger partial charge in [-0.05, 0) is 30.3 Å². The molecular weight excluding hydrogens is 469 g/mol. The first-order chi connectivity index (χ1) is 16.2. The molecular formula is C22H20FN3O7S. The van der Waals surface area contributed by atoms with Crippen molar-refractivity contribution < 1.29 is 32.0 Å². The van der Waals surface area contributed by atoms with Crippen molar-refractivity contribution in [2.24, 2.45) is 0 Å². The fourth-order valence-electron chi connectivity index (χ4n) is 3.09. The predicted molar refractivity (Wildman–Crippen MR) is 122 cm³/mol. The van der Waals surface area contributed by atoms with Gasteiger partial charge in [0, 0.05) is 23.9 Å². The largest absolute Gasteiger partial charge is 0.493 e. The fourth-order valence-corrected chi connectivity index (χ4v) is 4.53. The molecule has 34 heavy (non-hydrogen) atoms. The lowest BCUT2D eigenvalue weighted by atomic mass is 10.2. The van der Waals surface area contributed by atoms with Crippen LogP contribution in [0.4, 0.5) is 21.5 Å². The van der Waals surface area contributed by atoms with E-state index in [4.69, 9.17) is 9.47 Å². The summed E-state index contributed by atoms with van der Waals surface area (Å²) in [6.45, 7) is -0.805. The Labute approximate surface area is 194 Å². The van der Waals surface area contributed by atoms with E-state index in [0.717, 1.165) is 12.1 Å². The van der Waals surface area contributed by atoms with Gasteiger partial charge in [-0.3, -0.25) is 19.2 Å². The highest BCUT2D eigenvalue weighted by Gasteiger charge is 2.30. The van der Waals surface area contributed by atoms with E-state index in [0.29, 0.717) is 4.31 Å². The Hall–Kier alpha value is -4.19. The van der Waals surface area contributed by atoms with Crippen molar-refractivity contribution in [1.82, 2.24) is 0 Å². The van der Waals surface area contributed by atoms with E-state index in [2.05, 4.69) is 5.32 Å². The van der Waals surface area contributed by atoms with E-state index in [1.165, 1.54) is 68.8 Å². The van der Waals surface area contributed by atoms with Crippen LogP contribution < -0.4 is 19.1 Å². The van der Waals surface area contributed by atoms with Crippen LogP contribution in [0.3, 0.4) is 0 Å². The highest BCUT2D eigenvalue weighted by molar-refractivity contribution is 7.92. The molecule has 0 saturated heterocycles. The summed E-state index contributed by atoms with van der Waals surface area (Å²) in [4.78, 5) is 22.8. The number of benzene rings is 3. The quantitative estimate of drug-likeness (QED) is 0.359. The van der Waals surface area contributed by atoms with Crippen LogP contribution in [0.5, 0.6) is 11.5 Å². The molecule has 0 saturated carbocycles. The van der Waals surface area contributed by atoms with Crippen molar-refractivity contribution in [3.63, 3.8) is 0 Å². The van der Waals surface area contributed by atoms with Crippen molar-refractivity contribution in [3.8, 4) is 11.5 Å². The van der Waals surface area contributed by atoms with Crippen LogP contribution in [-0.4, -0.2) is 40.0 Å². The van der Waals surface area contributed by atoms with Crippen LogP contribution in [0.15, 0.2) is 71.6 Å². The molecule has 0 radical (unpaired) electrons. The second kappa shape index (κ2) is 10.2. The van der Waals surface area contributed by atoms with Crippen LogP contribution in [0.25, 0.3) is 0 Å². The molecule has 3 aromatic carbocycles. The smallest absolute Gasteiger partial charge is 0.271 e. The zero-order chi connectivity index (χ0) is 24.9. The molecule has 1 amide bonds. The molecule has 12 heteroatoms. The monoisotopic (exact) mass is 489 g/mol. The standard InChI is InChI=1S/C22H20FN3O7S/c1-32-20-11-10-17(13-21(20)33-2)34(30,31)25(19-9-4-3-8-18(19)23)14-22(27)24-15-6-5-7-16(12-15)26(28)29/h3-13H,14H2,1-2H3,(H,24,27). The van der Waals surface area contributed by atoms with E-state index in [1.807, 2.05) is 0 Å². The van der Waals surface area contributed by atoms with Crippen molar-refractivity contribution in [2.75, 3.05) is 30.4 Å². The van der Waals surface area contributed by atoms with Crippen molar-refractivity contribution in [1.29, 1.82) is 0 Å². The van der Waals surface area contributed by atoms with E-state index in [1.54, 1.807) is 0 Å². The lowest BCUT2D eigenvalue weighted by Gasteiger charge is -2.25. The van der Waals surface area contributed by atoms with Gasteiger partial charge in [0.05, 0.1) is 29.7 Å². The summed E-state index contributed by atoms with van der Waals surface area (Å²) >= 11 is 0. The van der Waals surface area contributed by atoms with Crippen molar-refractivity contribution in [3.05, 3.63) is 82.7 Å².